The Hall–Kier alpha value is -2.31. The third kappa shape index (κ3) is 3.17. The molecule has 0 fully saturated rings. The predicted molar refractivity (Wildman–Crippen MR) is 76.7 cm³/mol. The third-order valence-corrected chi connectivity index (χ3v) is 2.86. The summed E-state index contributed by atoms with van der Waals surface area (Å²) >= 11 is 5.87. The molecule has 0 aliphatic rings. The van der Waals surface area contributed by atoms with E-state index in [4.69, 9.17) is 22.2 Å². The van der Waals surface area contributed by atoms with Crippen molar-refractivity contribution in [3.8, 4) is 5.75 Å². The topological polar surface area (TPSA) is 90.4 Å². The molecule has 0 atom stereocenters. The van der Waals surface area contributed by atoms with E-state index in [9.17, 15) is 10.1 Å². The fraction of sp³-hybridized carbons (Fsp3) is 0.0769. The van der Waals surface area contributed by atoms with E-state index in [0.717, 1.165) is 5.56 Å². The number of nitro groups is 1. The minimum atomic E-state index is -0.539. The molecule has 0 saturated heterocycles. The van der Waals surface area contributed by atoms with Crippen molar-refractivity contribution in [2.45, 2.75) is 6.61 Å². The van der Waals surface area contributed by atoms with Gasteiger partial charge >= 0.3 is 5.69 Å². The Morgan fingerprint density at radius 3 is 2.70 bits per heavy atom. The Morgan fingerprint density at radius 1 is 1.30 bits per heavy atom. The lowest BCUT2D eigenvalue weighted by Gasteiger charge is -2.09. The lowest BCUT2D eigenvalue weighted by Crippen LogP contribution is -2.10. The number of nitrogens with zero attached hydrogens (tertiary/aromatic N) is 1. The first-order valence-electron chi connectivity index (χ1n) is 5.73. The second kappa shape index (κ2) is 6.23. The molecule has 104 valence electrons. The van der Waals surface area contributed by atoms with Crippen LogP contribution in [0.5, 0.6) is 5.75 Å². The van der Waals surface area contributed by atoms with Crippen molar-refractivity contribution in [2.24, 2.45) is 5.84 Å². The minimum Gasteiger partial charge on any atom is -0.482 e. The molecule has 0 aliphatic heterocycles. The maximum Gasteiger partial charge on any atom is 0.335 e. The second-order valence-electron chi connectivity index (χ2n) is 3.97. The summed E-state index contributed by atoms with van der Waals surface area (Å²) in [6.07, 6.45) is 0. The maximum absolute atomic E-state index is 11.1. The number of hydrogen-bond acceptors (Lipinski definition) is 5. The molecule has 3 N–H and O–H groups in total. The number of halogens is 1. The van der Waals surface area contributed by atoms with Crippen LogP contribution in [-0.4, -0.2) is 4.92 Å². The molecule has 7 heteroatoms. The number of hydrogen-bond donors (Lipinski definition) is 2. The van der Waals surface area contributed by atoms with Gasteiger partial charge < -0.3 is 10.2 Å². The van der Waals surface area contributed by atoms with Crippen LogP contribution < -0.4 is 16.0 Å². The normalized spacial score (nSPS) is 10.1. The van der Waals surface area contributed by atoms with E-state index >= 15 is 0 Å². The van der Waals surface area contributed by atoms with Crippen LogP contribution in [0.15, 0.2) is 42.5 Å². The Labute approximate surface area is 120 Å². The fourth-order valence-corrected chi connectivity index (χ4v) is 1.94. The van der Waals surface area contributed by atoms with Gasteiger partial charge in [0.15, 0.2) is 5.75 Å². The molecule has 2 rings (SSSR count). The van der Waals surface area contributed by atoms with Gasteiger partial charge in [0.2, 0.25) is 0 Å². The summed E-state index contributed by atoms with van der Waals surface area (Å²) in [6.45, 7) is 0.176. The smallest absolute Gasteiger partial charge is 0.335 e. The maximum atomic E-state index is 11.1. The van der Waals surface area contributed by atoms with Gasteiger partial charge in [-0.1, -0.05) is 29.8 Å². The SMILES string of the molecule is NNc1cccc(OCc2cccc(Cl)c2)c1[N+](=O)[O-]. The van der Waals surface area contributed by atoms with E-state index in [-0.39, 0.29) is 23.7 Å². The van der Waals surface area contributed by atoms with Crippen LogP contribution in [0.3, 0.4) is 0 Å². The molecule has 0 radical (unpaired) electrons. The van der Waals surface area contributed by atoms with Gasteiger partial charge in [-0.3, -0.25) is 16.0 Å². The van der Waals surface area contributed by atoms with Crippen molar-refractivity contribution >= 4 is 23.0 Å². The van der Waals surface area contributed by atoms with E-state index in [1.807, 2.05) is 6.07 Å². The number of hydrazine groups is 1. The average Bonchev–Trinajstić information content (AvgIpc) is 2.44. The van der Waals surface area contributed by atoms with E-state index in [2.05, 4.69) is 5.43 Å². The van der Waals surface area contributed by atoms with Gasteiger partial charge in [-0.2, -0.15) is 0 Å². The summed E-state index contributed by atoms with van der Waals surface area (Å²) in [6, 6.07) is 11.7. The highest BCUT2D eigenvalue weighted by Gasteiger charge is 2.20. The molecule has 6 nitrogen and oxygen atoms in total. The molecule has 0 amide bonds. The third-order valence-electron chi connectivity index (χ3n) is 2.62. The first-order valence-corrected chi connectivity index (χ1v) is 6.11. The molecule has 2 aromatic rings. The largest absolute Gasteiger partial charge is 0.482 e. The van der Waals surface area contributed by atoms with Crippen molar-refractivity contribution in [3.05, 3.63) is 63.2 Å². The number of rotatable bonds is 5. The molecule has 0 aliphatic carbocycles. The summed E-state index contributed by atoms with van der Waals surface area (Å²) in [7, 11) is 0. The standard InChI is InChI=1S/C13H12ClN3O3/c14-10-4-1-3-9(7-10)8-20-12-6-2-5-11(16-15)13(12)17(18)19/h1-7,16H,8,15H2. The van der Waals surface area contributed by atoms with Crippen LogP contribution in [0.4, 0.5) is 11.4 Å². The molecule has 0 bridgehead atoms. The average molecular weight is 294 g/mol. The molecule has 0 saturated carbocycles. The Bertz CT molecular complexity index is 634. The van der Waals surface area contributed by atoms with E-state index < -0.39 is 4.92 Å². The first-order chi connectivity index (χ1) is 9.61. The van der Waals surface area contributed by atoms with Gasteiger partial charge in [0.1, 0.15) is 12.3 Å². The summed E-state index contributed by atoms with van der Waals surface area (Å²) in [5.74, 6) is 5.40. The summed E-state index contributed by atoms with van der Waals surface area (Å²) < 4.78 is 5.49. The van der Waals surface area contributed by atoms with Gasteiger partial charge in [0.05, 0.1) is 4.92 Å². The van der Waals surface area contributed by atoms with Gasteiger partial charge in [-0.15, -0.1) is 0 Å². The van der Waals surface area contributed by atoms with Crippen LogP contribution in [-0.2, 0) is 6.61 Å². The quantitative estimate of drug-likeness (QED) is 0.502. The van der Waals surface area contributed by atoms with Gasteiger partial charge in [0.25, 0.3) is 0 Å². The van der Waals surface area contributed by atoms with E-state index in [0.29, 0.717) is 5.02 Å². The van der Waals surface area contributed by atoms with Crippen molar-refractivity contribution in [2.75, 3.05) is 5.43 Å². The van der Waals surface area contributed by atoms with Crippen LogP contribution in [0, 0.1) is 10.1 Å². The number of nitrogens with one attached hydrogen (secondary N) is 1. The highest BCUT2D eigenvalue weighted by molar-refractivity contribution is 6.30. The van der Waals surface area contributed by atoms with Crippen molar-refractivity contribution in [1.29, 1.82) is 0 Å². The van der Waals surface area contributed by atoms with Crippen molar-refractivity contribution < 1.29 is 9.66 Å². The molecule has 0 heterocycles. The highest BCUT2D eigenvalue weighted by Crippen LogP contribution is 2.34. The molecule has 20 heavy (non-hydrogen) atoms. The zero-order valence-electron chi connectivity index (χ0n) is 10.4. The van der Waals surface area contributed by atoms with Crippen molar-refractivity contribution in [1.82, 2.24) is 0 Å². The number of para-hydroxylation sites is 1. The second-order valence-corrected chi connectivity index (χ2v) is 4.41. The zero-order valence-corrected chi connectivity index (χ0v) is 11.1. The van der Waals surface area contributed by atoms with Gasteiger partial charge in [0, 0.05) is 5.02 Å². The van der Waals surface area contributed by atoms with E-state index in [1.54, 1.807) is 24.3 Å². The molecule has 0 spiro atoms. The van der Waals surface area contributed by atoms with Crippen LogP contribution in [0.1, 0.15) is 5.56 Å². The lowest BCUT2D eigenvalue weighted by molar-refractivity contribution is -0.385. The summed E-state index contributed by atoms with van der Waals surface area (Å²) in [5.41, 5.74) is 3.10. The van der Waals surface area contributed by atoms with Gasteiger partial charge in [-0.25, -0.2) is 0 Å². The molecule has 2 aromatic carbocycles. The Kier molecular flexibility index (Phi) is 4.39. The number of anilines is 1. The Morgan fingerprint density at radius 2 is 2.05 bits per heavy atom. The minimum absolute atomic E-state index is 0.144. The van der Waals surface area contributed by atoms with Gasteiger partial charge in [-0.05, 0) is 29.8 Å². The Balaban J connectivity index is 2.23. The molecule has 0 aromatic heterocycles. The van der Waals surface area contributed by atoms with Crippen LogP contribution in [0.2, 0.25) is 5.02 Å². The molecule has 0 unspecified atom stereocenters. The van der Waals surface area contributed by atoms with Crippen LogP contribution >= 0.6 is 11.6 Å². The first kappa shape index (κ1) is 14.1. The van der Waals surface area contributed by atoms with E-state index in [1.165, 1.54) is 12.1 Å². The number of benzene rings is 2. The number of ether oxygens (including phenoxy) is 1. The monoisotopic (exact) mass is 293 g/mol. The summed E-state index contributed by atoms with van der Waals surface area (Å²) in [5, 5.41) is 11.7. The predicted octanol–water partition coefficient (Wildman–Crippen LogP) is 3.11. The fourth-order valence-electron chi connectivity index (χ4n) is 1.73. The molecular formula is C13H12ClN3O3. The number of nitrogen functional groups attached to an aromatic ring is 1. The zero-order chi connectivity index (χ0) is 14.5. The molecular weight excluding hydrogens is 282 g/mol. The van der Waals surface area contributed by atoms with Crippen molar-refractivity contribution in [3.63, 3.8) is 0 Å². The van der Waals surface area contributed by atoms with Crippen LogP contribution in [0.25, 0.3) is 0 Å². The number of nitrogens with two attached hydrogens (primary N) is 1. The summed E-state index contributed by atoms with van der Waals surface area (Å²) in [4.78, 5) is 10.5. The lowest BCUT2D eigenvalue weighted by atomic mass is 10.2. The number of nitro benzene ring substituents is 1. The highest BCUT2D eigenvalue weighted by atomic mass is 35.5.